The molecular formula is C16H28N2S. The Bertz CT molecular complexity index is 418. The highest BCUT2D eigenvalue weighted by Crippen LogP contribution is 2.47. The van der Waals surface area contributed by atoms with Gasteiger partial charge < -0.3 is 5.32 Å². The largest absolute Gasteiger partial charge is 0.306 e. The molecule has 1 heterocycles. The van der Waals surface area contributed by atoms with E-state index in [2.05, 4.69) is 45.3 Å². The van der Waals surface area contributed by atoms with Gasteiger partial charge in [-0.15, -0.1) is 11.3 Å². The first kappa shape index (κ1) is 15.0. The van der Waals surface area contributed by atoms with Crippen LogP contribution in [0.2, 0.25) is 0 Å². The fourth-order valence-electron chi connectivity index (χ4n) is 3.38. The molecule has 1 atom stereocenters. The average Bonchev–Trinajstić information content (AvgIpc) is 2.77. The van der Waals surface area contributed by atoms with Gasteiger partial charge in [0.25, 0.3) is 0 Å². The minimum absolute atomic E-state index is 0.119. The lowest BCUT2D eigenvalue weighted by molar-refractivity contribution is 0.119. The first-order valence-electron chi connectivity index (χ1n) is 7.59. The normalized spacial score (nSPS) is 26.8. The van der Waals surface area contributed by atoms with Crippen LogP contribution in [-0.2, 0) is 5.54 Å². The van der Waals surface area contributed by atoms with Gasteiger partial charge in [0.05, 0.1) is 11.2 Å². The van der Waals surface area contributed by atoms with Crippen molar-refractivity contribution in [3.05, 3.63) is 16.1 Å². The first-order valence-corrected chi connectivity index (χ1v) is 8.47. The molecule has 1 saturated carbocycles. The van der Waals surface area contributed by atoms with E-state index in [0.29, 0.717) is 11.3 Å². The lowest BCUT2D eigenvalue weighted by Gasteiger charge is -2.44. The Balaban J connectivity index is 2.32. The molecule has 0 bridgehead atoms. The molecule has 0 saturated heterocycles. The fourth-order valence-corrected chi connectivity index (χ4v) is 4.57. The van der Waals surface area contributed by atoms with Crippen molar-refractivity contribution in [2.75, 3.05) is 6.54 Å². The van der Waals surface area contributed by atoms with E-state index < -0.39 is 0 Å². The van der Waals surface area contributed by atoms with Gasteiger partial charge in [-0.3, -0.25) is 0 Å². The second-order valence-corrected chi connectivity index (χ2v) is 7.90. The minimum atomic E-state index is 0.119. The number of nitrogens with one attached hydrogen (secondary N) is 1. The summed E-state index contributed by atoms with van der Waals surface area (Å²) in [5.41, 5.74) is 1.79. The van der Waals surface area contributed by atoms with Crippen LogP contribution in [0.15, 0.2) is 5.38 Å². The third kappa shape index (κ3) is 3.19. The number of thiazole rings is 1. The van der Waals surface area contributed by atoms with Crippen LogP contribution < -0.4 is 5.32 Å². The second-order valence-electron chi connectivity index (χ2n) is 7.04. The van der Waals surface area contributed by atoms with Crippen molar-refractivity contribution in [2.45, 2.75) is 71.8 Å². The molecule has 2 rings (SSSR count). The van der Waals surface area contributed by atoms with Crippen molar-refractivity contribution < 1.29 is 0 Å². The molecule has 1 aromatic heterocycles. The van der Waals surface area contributed by atoms with E-state index in [0.717, 1.165) is 6.54 Å². The molecular weight excluding hydrogens is 252 g/mol. The van der Waals surface area contributed by atoms with Gasteiger partial charge >= 0.3 is 0 Å². The van der Waals surface area contributed by atoms with Gasteiger partial charge in [0.15, 0.2) is 0 Å². The molecule has 2 nitrogen and oxygen atoms in total. The molecule has 108 valence electrons. The molecule has 1 N–H and O–H groups in total. The predicted molar refractivity (Wildman–Crippen MR) is 83.8 cm³/mol. The van der Waals surface area contributed by atoms with Crippen molar-refractivity contribution in [3.8, 4) is 0 Å². The van der Waals surface area contributed by atoms with Crippen molar-refractivity contribution >= 4 is 11.3 Å². The molecule has 1 aliphatic rings. The fraction of sp³-hybridized carbons (Fsp3) is 0.812. The topological polar surface area (TPSA) is 24.9 Å². The summed E-state index contributed by atoms with van der Waals surface area (Å²) < 4.78 is 0. The molecule has 1 aliphatic carbocycles. The van der Waals surface area contributed by atoms with Crippen LogP contribution in [0.4, 0.5) is 0 Å². The van der Waals surface area contributed by atoms with Gasteiger partial charge in [-0.2, -0.15) is 0 Å². The van der Waals surface area contributed by atoms with E-state index in [1.165, 1.54) is 36.4 Å². The molecule has 3 heteroatoms. The molecule has 1 fully saturated rings. The third-order valence-electron chi connectivity index (χ3n) is 4.28. The van der Waals surface area contributed by atoms with Crippen molar-refractivity contribution in [2.24, 2.45) is 5.41 Å². The predicted octanol–water partition coefficient (Wildman–Crippen LogP) is 4.67. The highest BCUT2D eigenvalue weighted by molar-refractivity contribution is 7.09. The number of hydrogen-bond acceptors (Lipinski definition) is 3. The zero-order valence-electron chi connectivity index (χ0n) is 13.0. The molecule has 0 radical (unpaired) electrons. The lowest BCUT2D eigenvalue weighted by Crippen LogP contribution is -2.48. The van der Waals surface area contributed by atoms with E-state index in [4.69, 9.17) is 4.98 Å². The van der Waals surface area contributed by atoms with Gasteiger partial charge in [-0.25, -0.2) is 4.98 Å². The summed E-state index contributed by atoms with van der Waals surface area (Å²) in [6, 6.07) is 0. The minimum Gasteiger partial charge on any atom is -0.306 e. The van der Waals surface area contributed by atoms with E-state index >= 15 is 0 Å². The van der Waals surface area contributed by atoms with Crippen molar-refractivity contribution in [3.63, 3.8) is 0 Å². The maximum absolute atomic E-state index is 4.95. The Labute approximate surface area is 122 Å². The van der Waals surface area contributed by atoms with Crippen LogP contribution in [0.25, 0.3) is 0 Å². The molecule has 1 aromatic rings. The van der Waals surface area contributed by atoms with E-state index in [-0.39, 0.29) is 5.54 Å². The van der Waals surface area contributed by atoms with E-state index in [1.54, 1.807) is 0 Å². The standard InChI is InChI=1S/C16H28N2S/c1-6-17-16(9-7-8-15(4,5)11-16)14-18-13(10-19-14)12(2)3/h10,12,17H,6-9,11H2,1-5H3. The maximum Gasteiger partial charge on any atom is 0.113 e. The summed E-state index contributed by atoms with van der Waals surface area (Å²) in [5, 5.41) is 7.33. The van der Waals surface area contributed by atoms with E-state index in [1.807, 2.05) is 11.3 Å². The summed E-state index contributed by atoms with van der Waals surface area (Å²) in [4.78, 5) is 4.95. The summed E-state index contributed by atoms with van der Waals surface area (Å²) in [6.45, 7) is 12.5. The maximum atomic E-state index is 4.95. The van der Waals surface area contributed by atoms with Gasteiger partial charge in [-0.1, -0.05) is 41.0 Å². The van der Waals surface area contributed by atoms with Gasteiger partial charge in [0, 0.05) is 5.38 Å². The number of nitrogens with zero attached hydrogens (tertiary/aromatic N) is 1. The average molecular weight is 280 g/mol. The van der Waals surface area contributed by atoms with E-state index in [9.17, 15) is 0 Å². The summed E-state index contributed by atoms with van der Waals surface area (Å²) >= 11 is 1.85. The van der Waals surface area contributed by atoms with Crippen LogP contribution in [0.3, 0.4) is 0 Å². The van der Waals surface area contributed by atoms with Crippen molar-refractivity contribution in [1.82, 2.24) is 10.3 Å². The summed E-state index contributed by atoms with van der Waals surface area (Å²) in [6.07, 6.45) is 5.08. The monoisotopic (exact) mass is 280 g/mol. The number of hydrogen-bond donors (Lipinski definition) is 1. The number of aromatic nitrogens is 1. The summed E-state index contributed by atoms with van der Waals surface area (Å²) in [5.74, 6) is 0.528. The molecule has 0 amide bonds. The zero-order valence-corrected chi connectivity index (χ0v) is 13.9. The quantitative estimate of drug-likeness (QED) is 0.867. The molecule has 1 unspecified atom stereocenters. The van der Waals surface area contributed by atoms with Gasteiger partial charge in [-0.05, 0) is 37.1 Å². The number of rotatable bonds is 4. The Morgan fingerprint density at radius 2 is 2.11 bits per heavy atom. The molecule has 0 spiro atoms. The highest BCUT2D eigenvalue weighted by atomic mass is 32.1. The molecule has 19 heavy (non-hydrogen) atoms. The lowest BCUT2D eigenvalue weighted by atomic mass is 9.68. The smallest absolute Gasteiger partial charge is 0.113 e. The SMILES string of the molecule is CCNC1(c2nc(C(C)C)cs2)CCCC(C)(C)C1. The zero-order chi connectivity index (χ0) is 14.1. The Morgan fingerprint density at radius 1 is 1.37 bits per heavy atom. The summed E-state index contributed by atoms with van der Waals surface area (Å²) in [7, 11) is 0. The highest BCUT2D eigenvalue weighted by Gasteiger charge is 2.42. The van der Waals surface area contributed by atoms with Gasteiger partial charge in [0.2, 0.25) is 0 Å². The molecule has 0 aromatic carbocycles. The first-order chi connectivity index (χ1) is 8.88. The van der Waals surface area contributed by atoms with Gasteiger partial charge in [0.1, 0.15) is 5.01 Å². The third-order valence-corrected chi connectivity index (χ3v) is 5.34. The second kappa shape index (κ2) is 5.53. The van der Waals surface area contributed by atoms with Crippen LogP contribution in [0.1, 0.15) is 76.9 Å². The van der Waals surface area contributed by atoms with Crippen LogP contribution >= 0.6 is 11.3 Å². The van der Waals surface area contributed by atoms with Crippen molar-refractivity contribution in [1.29, 1.82) is 0 Å². The Hall–Kier alpha value is -0.410. The van der Waals surface area contributed by atoms with Crippen LogP contribution in [0.5, 0.6) is 0 Å². The molecule has 0 aliphatic heterocycles. The Kier molecular flexibility index (Phi) is 4.36. The van der Waals surface area contributed by atoms with Crippen LogP contribution in [-0.4, -0.2) is 11.5 Å². The Morgan fingerprint density at radius 3 is 2.63 bits per heavy atom. The van der Waals surface area contributed by atoms with Crippen LogP contribution in [0, 0.1) is 5.41 Å².